The van der Waals surface area contributed by atoms with E-state index in [-0.39, 0.29) is 11.5 Å². The van der Waals surface area contributed by atoms with Crippen molar-refractivity contribution in [2.75, 3.05) is 16.8 Å². The van der Waals surface area contributed by atoms with E-state index < -0.39 is 22.0 Å². The second kappa shape index (κ2) is 4.48. The number of halogens is 1. The van der Waals surface area contributed by atoms with Crippen LogP contribution in [0, 0.1) is 6.92 Å². The topological polar surface area (TPSA) is 66.4 Å². The molecule has 2 unspecified atom stereocenters. The van der Waals surface area contributed by atoms with Crippen molar-refractivity contribution in [3.05, 3.63) is 28.8 Å². The highest BCUT2D eigenvalue weighted by molar-refractivity contribution is 7.91. The van der Waals surface area contributed by atoms with Crippen molar-refractivity contribution in [1.82, 2.24) is 0 Å². The van der Waals surface area contributed by atoms with Crippen LogP contribution in [0.3, 0.4) is 0 Å². The van der Waals surface area contributed by atoms with Crippen molar-refractivity contribution in [1.29, 1.82) is 0 Å². The molecule has 1 aromatic carbocycles. The van der Waals surface area contributed by atoms with Crippen LogP contribution in [0.5, 0.6) is 0 Å². The number of rotatable bonds is 2. The predicted molar refractivity (Wildman–Crippen MR) is 68.3 cm³/mol. The highest BCUT2D eigenvalue weighted by Crippen LogP contribution is 2.26. The fourth-order valence-electron chi connectivity index (χ4n) is 1.92. The lowest BCUT2D eigenvalue weighted by Crippen LogP contribution is -2.31. The second-order valence-electron chi connectivity index (χ2n) is 4.38. The Balaban J connectivity index is 2.19. The molecular formula is C11H14ClNO3S. The van der Waals surface area contributed by atoms with E-state index in [0.29, 0.717) is 10.7 Å². The van der Waals surface area contributed by atoms with Crippen LogP contribution in [0.4, 0.5) is 5.69 Å². The van der Waals surface area contributed by atoms with Crippen LogP contribution in [0.2, 0.25) is 5.02 Å². The van der Waals surface area contributed by atoms with E-state index >= 15 is 0 Å². The van der Waals surface area contributed by atoms with Crippen molar-refractivity contribution >= 4 is 27.1 Å². The molecule has 2 N–H and O–H groups in total. The number of hydrogen-bond donors (Lipinski definition) is 2. The molecule has 0 radical (unpaired) electrons. The van der Waals surface area contributed by atoms with Gasteiger partial charge in [0.1, 0.15) is 0 Å². The van der Waals surface area contributed by atoms with Gasteiger partial charge in [-0.05, 0) is 24.6 Å². The maximum Gasteiger partial charge on any atom is 0.155 e. The Morgan fingerprint density at radius 3 is 2.71 bits per heavy atom. The van der Waals surface area contributed by atoms with E-state index in [4.69, 9.17) is 11.6 Å². The zero-order valence-electron chi connectivity index (χ0n) is 9.35. The quantitative estimate of drug-likeness (QED) is 0.852. The zero-order valence-corrected chi connectivity index (χ0v) is 10.9. The van der Waals surface area contributed by atoms with Gasteiger partial charge in [-0.1, -0.05) is 17.7 Å². The molecule has 0 aliphatic carbocycles. The molecule has 0 bridgehead atoms. The summed E-state index contributed by atoms with van der Waals surface area (Å²) in [4.78, 5) is 0. The summed E-state index contributed by atoms with van der Waals surface area (Å²) < 4.78 is 22.7. The first kappa shape index (κ1) is 12.7. The summed E-state index contributed by atoms with van der Waals surface area (Å²) in [5, 5.41) is 13.2. The molecule has 94 valence electrons. The molecule has 1 aromatic rings. The summed E-state index contributed by atoms with van der Waals surface area (Å²) in [7, 11) is -3.14. The molecule has 1 saturated heterocycles. The number of aryl methyl sites for hydroxylation is 1. The molecule has 6 heteroatoms. The third-order valence-electron chi connectivity index (χ3n) is 2.79. The highest BCUT2D eigenvalue weighted by atomic mass is 35.5. The SMILES string of the molecule is Cc1ccc(Cl)c(NC2CS(=O)(=O)CC2O)c1. The number of sulfone groups is 1. The average molecular weight is 276 g/mol. The summed E-state index contributed by atoms with van der Waals surface area (Å²) >= 11 is 6.00. The standard InChI is InChI=1S/C11H14ClNO3S/c1-7-2-3-8(12)9(4-7)13-10-5-17(15,16)6-11(10)14/h2-4,10-11,13-14H,5-6H2,1H3. The fourth-order valence-corrected chi connectivity index (χ4v) is 3.83. The van der Waals surface area contributed by atoms with Crippen molar-refractivity contribution in [3.8, 4) is 0 Å². The smallest absolute Gasteiger partial charge is 0.155 e. The number of aliphatic hydroxyl groups is 1. The molecule has 1 fully saturated rings. The molecule has 17 heavy (non-hydrogen) atoms. The number of anilines is 1. The molecule has 0 aromatic heterocycles. The van der Waals surface area contributed by atoms with Gasteiger partial charge < -0.3 is 10.4 Å². The summed E-state index contributed by atoms with van der Waals surface area (Å²) in [6.45, 7) is 1.92. The summed E-state index contributed by atoms with van der Waals surface area (Å²) in [5.74, 6) is -0.244. The third-order valence-corrected chi connectivity index (χ3v) is 4.83. The van der Waals surface area contributed by atoms with Gasteiger partial charge in [-0.3, -0.25) is 0 Å². The Morgan fingerprint density at radius 2 is 2.12 bits per heavy atom. The maximum atomic E-state index is 11.4. The maximum absolute atomic E-state index is 11.4. The molecular weight excluding hydrogens is 262 g/mol. The zero-order chi connectivity index (χ0) is 12.6. The molecule has 2 rings (SSSR count). The second-order valence-corrected chi connectivity index (χ2v) is 6.94. The lowest BCUT2D eigenvalue weighted by molar-refractivity contribution is 0.190. The highest BCUT2D eigenvalue weighted by Gasteiger charge is 2.36. The third kappa shape index (κ3) is 2.91. The van der Waals surface area contributed by atoms with Gasteiger partial charge in [0.25, 0.3) is 0 Å². The Hall–Kier alpha value is -0.780. The van der Waals surface area contributed by atoms with Gasteiger partial charge in [0.2, 0.25) is 0 Å². The Bertz CT molecular complexity index is 530. The predicted octanol–water partition coefficient (Wildman–Crippen LogP) is 1.22. The Kier molecular flexibility index (Phi) is 3.34. The molecule has 4 nitrogen and oxygen atoms in total. The van der Waals surface area contributed by atoms with Gasteiger partial charge in [0, 0.05) is 0 Å². The average Bonchev–Trinajstić information content (AvgIpc) is 2.46. The molecule has 2 atom stereocenters. The number of hydrogen-bond acceptors (Lipinski definition) is 4. The van der Waals surface area contributed by atoms with E-state index in [1.165, 1.54) is 0 Å². The van der Waals surface area contributed by atoms with Crippen LogP contribution in [0.15, 0.2) is 18.2 Å². The van der Waals surface area contributed by atoms with E-state index in [1.807, 2.05) is 19.1 Å². The van der Waals surface area contributed by atoms with Crippen LogP contribution in [-0.4, -0.2) is 37.2 Å². The van der Waals surface area contributed by atoms with Gasteiger partial charge in [-0.15, -0.1) is 0 Å². The van der Waals surface area contributed by atoms with E-state index in [9.17, 15) is 13.5 Å². The first-order valence-corrected chi connectivity index (χ1v) is 7.48. The van der Waals surface area contributed by atoms with Crippen LogP contribution in [-0.2, 0) is 9.84 Å². The largest absolute Gasteiger partial charge is 0.390 e. The van der Waals surface area contributed by atoms with Crippen molar-refractivity contribution < 1.29 is 13.5 Å². The van der Waals surface area contributed by atoms with E-state index in [2.05, 4.69) is 5.32 Å². The van der Waals surface area contributed by atoms with Crippen molar-refractivity contribution in [2.45, 2.75) is 19.1 Å². The summed E-state index contributed by atoms with van der Waals surface area (Å²) in [6, 6.07) is 4.96. The van der Waals surface area contributed by atoms with Crippen LogP contribution >= 0.6 is 11.6 Å². The molecule has 0 saturated carbocycles. The Labute approximate surface area is 106 Å². The molecule has 1 heterocycles. The van der Waals surface area contributed by atoms with Crippen molar-refractivity contribution in [3.63, 3.8) is 0 Å². The first-order chi connectivity index (χ1) is 7.87. The minimum atomic E-state index is -3.14. The van der Waals surface area contributed by atoms with Crippen LogP contribution in [0.1, 0.15) is 5.56 Å². The lowest BCUT2D eigenvalue weighted by Gasteiger charge is -2.17. The van der Waals surface area contributed by atoms with E-state index in [1.54, 1.807) is 6.07 Å². The monoisotopic (exact) mass is 275 g/mol. The summed E-state index contributed by atoms with van der Waals surface area (Å²) in [6.07, 6.45) is -0.878. The summed E-state index contributed by atoms with van der Waals surface area (Å²) in [5.41, 5.74) is 1.68. The first-order valence-electron chi connectivity index (χ1n) is 5.28. The molecule has 0 amide bonds. The molecule has 0 spiro atoms. The van der Waals surface area contributed by atoms with Crippen molar-refractivity contribution in [2.24, 2.45) is 0 Å². The number of nitrogens with one attached hydrogen (secondary N) is 1. The van der Waals surface area contributed by atoms with Gasteiger partial charge in [0.05, 0.1) is 34.4 Å². The number of aliphatic hydroxyl groups excluding tert-OH is 1. The van der Waals surface area contributed by atoms with Gasteiger partial charge in [0.15, 0.2) is 9.84 Å². The van der Waals surface area contributed by atoms with Gasteiger partial charge in [-0.25, -0.2) is 8.42 Å². The minimum Gasteiger partial charge on any atom is -0.390 e. The molecule has 1 aliphatic heterocycles. The van der Waals surface area contributed by atoms with E-state index in [0.717, 1.165) is 5.56 Å². The fraction of sp³-hybridized carbons (Fsp3) is 0.455. The van der Waals surface area contributed by atoms with Crippen LogP contribution < -0.4 is 5.32 Å². The normalized spacial score (nSPS) is 27.0. The molecule has 1 aliphatic rings. The lowest BCUT2D eigenvalue weighted by atomic mass is 10.1. The van der Waals surface area contributed by atoms with Gasteiger partial charge >= 0.3 is 0 Å². The van der Waals surface area contributed by atoms with Gasteiger partial charge in [-0.2, -0.15) is 0 Å². The minimum absolute atomic E-state index is 0.0571. The van der Waals surface area contributed by atoms with Crippen LogP contribution in [0.25, 0.3) is 0 Å². The number of benzene rings is 1. The Morgan fingerprint density at radius 1 is 1.41 bits per heavy atom.